The first-order valence-corrected chi connectivity index (χ1v) is 9.54. The van der Waals surface area contributed by atoms with Crippen molar-refractivity contribution in [2.24, 2.45) is 0 Å². The molecule has 7 heteroatoms. The molecule has 0 radical (unpaired) electrons. The molecular weight excluding hydrogens is 342 g/mol. The van der Waals surface area contributed by atoms with Crippen LogP contribution in [0.15, 0.2) is 30.6 Å². The van der Waals surface area contributed by atoms with Gasteiger partial charge in [-0.1, -0.05) is 19.3 Å². The lowest BCUT2D eigenvalue weighted by Gasteiger charge is -2.23. The average molecular weight is 367 g/mol. The zero-order chi connectivity index (χ0) is 18.6. The predicted molar refractivity (Wildman–Crippen MR) is 105 cm³/mol. The van der Waals surface area contributed by atoms with Gasteiger partial charge in [0.25, 0.3) is 0 Å². The van der Waals surface area contributed by atoms with E-state index >= 15 is 0 Å². The number of anilines is 1. The number of aliphatic hydroxyl groups excluding tert-OH is 1. The summed E-state index contributed by atoms with van der Waals surface area (Å²) in [6.07, 6.45) is 8.00. The molecule has 0 unspecified atom stereocenters. The molecule has 2 heterocycles. The molecule has 1 aromatic carbocycles. The minimum Gasteiger partial charge on any atom is -0.497 e. The summed E-state index contributed by atoms with van der Waals surface area (Å²) in [5.74, 6) is 2.10. The van der Waals surface area contributed by atoms with E-state index in [9.17, 15) is 5.11 Å². The molecule has 0 aliphatic heterocycles. The quantitative estimate of drug-likeness (QED) is 0.694. The summed E-state index contributed by atoms with van der Waals surface area (Å²) in [6.45, 7) is 0.456. The Bertz CT molecular complexity index is 901. The molecule has 1 saturated carbocycles. The van der Waals surface area contributed by atoms with Crippen molar-refractivity contribution >= 4 is 17.0 Å². The Balaban J connectivity index is 1.80. The van der Waals surface area contributed by atoms with Gasteiger partial charge >= 0.3 is 0 Å². The average Bonchev–Trinajstić information content (AvgIpc) is 3.17. The number of methoxy groups -OCH3 is 1. The number of ether oxygens (including phenoxy) is 1. The predicted octanol–water partition coefficient (Wildman–Crippen LogP) is 3.41. The highest BCUT2D eigenvalue weighted by Crippen LogP contribution is 2.32. The van der Waals surface area contributed by atoms with Crippen molar-refractivity contribution in [2.45, 2.75) is 38.1 Å². The van der Waals surface area contributed by atoms with Crippen LogP contribution >= 0.6 is 0 Å². The van der Waals surface area contributed by atoms with Gasteiger partial charge in [0.05, 0.1) is 20.0 Å². The Hall–Kier alpha value is -2.67. The minimum atomic E-state index is 0.0344. The zero-order valence-electron chi connectivity index (χ0n) is 15.6. The molecule has 3 aromatic rings. The number of benzene rings is 1. The monoisotopic (exact) mass is 367 g/mol. The van der Waals surface area contributed by atoms with Crippen molar-refractivity contribution < 1.29 is 9.84 Å². The van der Waals surface area contributed by atoms with E-state index in [1.54, 1.807) is 7.11 Å². The summed E-state index contributed by atoms with van der Waals surface area (Å²) in [6, 6.07) is 8.16. The Morgan fingerprint density at radius 2 is 1.93 bits per heavy atom. The van der Waals surface area contributed by atoms with Crippen molar-refractivity contribution in [3.63, 3.8) is 0 Å². The van der Waals surface area contributed by atoms with Gasteiger partial charge in [-0.2, -0.15) is 0 Å². The fourth-order valence-electron chi connectivity index (χ4n) is 3.71. The Morgan fingerprint density at radius 3 is 2.63 bits per heavy atom. The van der Waals surface area contributed by atoms with Gasteiger partial charge < -0.3 is 19.7 Å². The van der Waals surface area contributed by atoms with Gasteiger partial charge in [-0.15, -0.1) is 0 Å². The second kappa shape index (κ2) is 7.92. The van der Waals surface area contributed by atoms with Crippen LogP contribution in [0.2, 0.25) is 0 Å². The Kier molecular flexibility index (Phi) is 5.20. The molecule has 0 saturated heterocycles. The second-order valence-electron chi connectivity index (χ2n) is 6.89. The number of hydrogen-bond acceptors (Lipinski definition) is 6. The number of nitrogens with one attached hydrogen (secondary N) is 1. The van der Waals surface area contributed by atoms with Crippen LogP contribution in [0.1, 0.15) is 38.1 Å². The summed E-state index contributed by atoms with van der Waals surface area (Å²) in [5, 5.41) is 12.4. The molecule has 2 N–H and O–H groups in total. The van der Waals surface area contributed by atoms with E-state index < -0.39 is 0 Å². The lowest BCUT2D eigenvalue weighted by Crippen LogP contribution is -2.13. The molecule has 7 nitrogen and oxygen atoms in total. The van der Waals surface area contributed by atoms with Crippen molar-refractivity contribution in [1.29, 1.82) is 0 Å². The third kappa shape index (κ3) is 3.60. The van der Waals surface area contributed by atoms with Crippen molar-refractivity contribution in [1.82, 2.24) is 19.5 Å². The van der Waals surface area contributed by atoms with E-state index in [-0.39, 0.29) is 6.61 Å². The van der Waals surface area contributed by atoms with Gasteiger partial charge in [0.1, 0.15) is 11.3 Å². The molecule has 1 fully saturated rings. The van der Waals surface area contributed by atoms with Crippen LogP contribution in [0.5, 0.6) is 5.75 Å². The van der Waals surface area contributed by atoms with Crippen LogP contribution < -0.4 is 10.1 Å². The summed E-state index contributed by atoms with van der Waals surface area (Å²) in [7, 11) is 1.65. The maximum absolute atomic E-state index is 9.21. The highest BCUT2D eigenvalue weighted by atomic mass is 16.5. The van der Waals surface area contributed by atoms with Gasteiger partial charge in [-0.05, 0) is 37.1 Å². The minimum absolute atomic E-state index is 0.0344. The third-order valence-electron chi connectivity index (χ3n) is 5.14. The van der Waals surface area contributed by atoms with E-state index in [1.165, 1.54) is 19.3 Å². The highest BCUT2D eigenvalue weighted by Gasteiger charge is 2.21. The van der Waals surface area contributed by atoms with Crippen molar-refractivity contribution in [3.05, 3.63) is 30.6 Å². The smallest absolute Gasteiger partial charge is 0.166 e. The number of imidazole rings is 1. The maximum atomic E-state index is 9.21. The zero-order valence-corrected chi connectivity index (χ0v) is 15.6. The van der Waals surface area contributed by atoms with Gasteiger partial charge in [-0.25, -0.2) is 15.0 Å². The van der Waals surface area contributed by atoms with Crippen LogP contribution in [-0.2, 0) is 0 Å². The molecule has 1 aliphatic rings. The third-order valence-corrected chi connectivity index (χ3v) is 5.14. The van der Waals surface area contributed by atoms with Gasteiger partial charge in [0.2, 0.25) is 0 Å². The van der Waals surface area contributed by atoms with E-state index in [4.69, 9.17) is 9.72 Å². The SMILES string of the molecule is COc1ccc(-c2nc(NCCO)c3ncn(C4CCCCC4)c3n2)cc1. The molecule has 1 aliphatic carbocycles. The molecule has 0 bridgehead atoms. The van der Waals surface area contributed by atoms with Crippen LogP contribution in [-0.4, -0.2) is 44.9 Å². The summed E-state index contributed by atoms with van der Waals surface area (Å²) < 4.78 is 7.44. The first-order chi connectivity index (χ1) is 13.3. The van der Waals surface area contributed by atoms with E-state index in [0.29, 0.717) is 24.2 Å². The molecule has 27 heavy (non-hydrogen) atoms. The van der Waals surface area contributed by atoms with Crippen LogP contribution in [0, 0.1) is 0 Å². The highest BCUT2D eigenvalue weighted by molar-refractivity contribution is 5.85. The molecule has 0 amide bonds. The summed E-state index contributed by atoms with van der Waals surface area (Å²) in [5.41, 5.74) is 2.52. The Labute approximate surface area is 158 Å². The van der Waals surface area contributed by atoms with E-state index in [1.807, 2.05) is 30.6 Å². The lowest BCUT2D eigenvalue weighted by atomic mass is 9.95. The topological polar surface area (TPSA) is 85.1 Å². The summed E-state index contributed by atoms with van der Waals surface area (Å²) in [4.78, 5) is 14.1. The molecule has 142 valence electrons. The molecule has 0 atom stereocenters. The van der Waals surface area contributed by atoms with Gasteiger partial charge in [-0.3, -0.25) is 0 Å². The fraction of sp³-hybridized carbons (Fsp3) is 0.450. The first-order valence-electron chi connectivity index (χ1n) is 9.54. The van der Waals surface area contributed by atoms with Crippen LogP contribution in [0.3, 0.4) is 0 Å². The van der Waals surface area contributed by atoms with Gasteiger partial charge in [0, 0.05) is 18.2 Å². The number of rotatable bonds is 6. The van der Waals surface area contributed by atoms with Crippen LogP contribution in [0.25, 0.3) is 22.6 Å². The normalized spacial score (nSPS) is 15.2. The molecule has 0 spiro atoms. The number of fused-ring (bicyclic) bond motifs is 1. The van der Waals surface area contributed by atoms with Gasteiger partial charge in [0.15, 0.2) is 17.3 Å². The van der Waals surface area contributed by atoms with Crippen molar-refractivity contribution in [3.8, 4) is 17.1 Å². The second-order valence-corrected chi connectivity index (χ2v) is 6.89. The Morgan fingerprint density at radius 1 is 1.15 bits per heavy atom. The number of aliphatic hydroxyl groups is 1. The molecule has 2 aromatic heterocycles. The standard InChI is InChI=1S/C20H25N5O2/c1-27-16-9-7-14(8-10-16)18-23-19(21-11-12-26)17-20(24-18)25(13-22-17)15-5-3-2-4-6-15/h7-10,13,15,26H,2-6,11-12H2,1H3,(H,21,23,24). The number of hydrogen-bond donors (Lipinski definition) is 2. The molecular formula is C20H25N5O2. The van der Waals surface area contributed by atoms with E-state index in [0.717, 1.165) is 35.3 Å². The van der Waals surface area contributed by atoms with Crippen molar-refractivity contribution in [2.75, 3.05) is 25.6 Å². The lowest BCUT2D eigenvalue weighted by molar-refractivity contribution is 0.311. The number of nitrogens with zero attached hydrogens (tertiary/aromatic N) is 4. The molecule has 4 rings (SSSR count). The first kappa shape index (κ1) is 17.7. The summed E-state index contributed by atoms with van der Waals surface area (Å²) >= 11 is 0. The van der Waals surface area contributed by atoms with Crippen LogP contribution in [0.4, 0.5) is 5.82 Å². The number of aromatic nitrogens is 4. The maximum Gasteiger partial charge on any atom is 0.166 e. The van der Waals surface area contributed by atoms with E-state index in [2.05, 4.69) is 19.9 Å². The largest absolute Gasteiger partial charge is 0.497 e. The fourth-order valence-corrected chi connectivity index (χ4v) is 3.71.